The number of nitrogens with two attached hydrogens (primary N) is 1. The predicted octanol–water partition coefficient (Wildman–Crippen LogP) is 2.60. The lowest BCUT2D eigenvalue weighted by atomic mass is 10.1. The van der Waals surface area contributed by atoms with Crippen LogP contribution in [0.2, 0.25) is 0 Å². The maximum absolute atomic E-state index is 13.4. The van der Waals surface area contributed by atoms with Crippen molar-refractivity contribution in [3.63, 3.8) is 0 Å². The van der Waals surface area contributed by atoms with Gasteiger partial charge in [0.2, 0.25) is 0 Å². The predicted molar refractivity (Wildman–Crippen MR) is 66.6 cm³/mol. The Kier molecular flexibility index (Phi) is 3.84. The van der Waals surface area contributed by atoms with Crippen LogP contribution in [0.4, 0.5) is 20.3 Å². The molecule has 0 aliphatic carbocycles. The summed E-state index contributed by atoms with van der Waals surface area (Å²) < 4.78 is 26.0. The van der Waals surface area contributed by atoms with Gasteiger partial charge >= 0.3 is 0 Å². The average Bonchev–Trinajstić information content (AvgIpc) is 2.35. The first-order valence-corrected chi connectivity index (χ1v) is 5.56. The van der Waals surface area contributed by atoms with E-state index in [-0.39, 0.29) is 5.82 Å². The van der Waals surface area contributed by atoms with Crippen molar-refractivity contribution in [1.82, 2.24) is 4.98 Å². The van der Waals surface area contributed by atoms with Crippen molar-refractivity contribution in [3.8, 4) is 0 Å². The summed E-state index contributed by atoms with van der Waals surface area (Å²) in [4.78, 5) is 3.65. The average molecular weight is 249 g/mol. The van der Waals surface area contributed by atoms with Gasteiger partial charge in [-0.15, -0.1) is 0 Å². The van der Waals surface area contributed by atoms with E-state index in [0.29, 0.717) is 12.2 Å². The van der Waals surface area contributed by atoms with Gasteiger partial charge in [0.05, 0.1) is 6.20 Å². The van der Waals surface area contributed by atoms with Crippen molar-refractivity contribution in [2.45, 2.75) is 6.42 Å². The summed E-state index contributed by atoms with van der Waals surface area (Å²) in [5, 5.41) is 2.78. The third-order valence-corrected chi connectivity index (χ3v) is 2.46. The SMILES string of the molecule is NCCc1ccc(Nc2ncc(F)cc2F)cc1. The lowest BCUT2D eigenvalue weighted by Crippen LogP contribution is -2.02. The molecule has 0 amide bonds. The molecule has 1 aromatic heterocycles. The molecule has 0 atom stereocenters. The molecular weight excluding hydrogens is 236 g/mol. The molecule has 2 rings (SSSR count). The Bertz CT molecular complexity index is 526. The van der Waals surface area contributed by atoms with E-state index in [1.165, 1.54) is 0 Å². The second kappa shape index (κ2) is 5.55. The maximum Gasteiger partial charge on any atom is 0.168 e. The number of halogens is 2. The van der Waals surface area contributed by atoms with Gasteiger partial charge in [-0.25, -0.2) is 13.8 Å². The van der Waals surface area contributed by atoms with Crippen LogP contribution in [-0.4, -0.2) is 11.5 Å². The standard InChI is InChI=1S/C13H13F2N3/c14-10-7-12(15)13(17-8-10)18-11-3-1-9(2-4-11)5-6-16/h1-4,7-8H,5-6,16H2,(H,17,18). The third-order valence-electron chi connectivity index (χ3n) is 2.46. The topological polar surface area (TPSA) is 50.9 Å². The second-order valence-corrected chi connectivity index (χ2v) is 3.84. The summed E-state index contributed by atoms with van der Waals surface area (Å²) in [5.41, 5.74) is 7.24. The van der Waals surface area contributed by atoms with Crippen LogP contribution in [0, 0.1) is 11.6 Å². The van der Waals surface area contributed by atoms with Crippen molar-refractivity contribution in [2.24, 2.45) is 5.73 Å². The minimum absolute atomic E-state index is 0.00275. The first kappa shape index (κ1) is 12.4. The maximum atomic E-state index is 13.4. The minimum Gasteiger partial charge on any atom is -0.338 e. The Hall–Kier alpha value is -2.01. The van der Waals surface area contributed by atoms with E-state index < -0.39 is 11.6 Å². The second-order valence-electron chi connectivity index (χ2n) is 3.84. The zero-order valence-electron chi connectivity index (χ0n) is 9.66. The minimum atomic E-state index is -0.721. The number of hydrogen-bond donors (Lipinski definition) is 2. The summed E-state index contributed by atoms with van der Waals surface area (Å²) in [5.74, 6) is -1.42. The molecule has 1 aromatic carbocycles. The van der Waals surface area contributed by atoms with Gasteiger partial charge in [0, 0.05) is 11.8 Å². The lowest BCUT2D eigenvalue weighted by molar-refractivity contribution is 0.576. The quantitative estimate of drug-likeness (QED) is 0.875. The van der Waals surface area contributed by atoms with Gasteiger partial charge in [-0.05, 0) is 30.7 Å². The lowest BCUT2D eigenvalue weighted by Gasteiger charge is -2.07. The molecule has 0 fully saturated rings. The van der Waals surface area contributed by atoms with E-state index in [9.17, 15) is 8.78 Å². The van der Waals surface area contributed by atoms with E-state index in [4.69, 9.17) is 5.73 Å². The number of nitrogens with zero attached hydrogens (tertiary/aromatic N) is 1. The summed E-state index contributed by atoms with van der Waals surface area (Å²) in [6.45, 7) is 0.584. The molecule has 0 spiro atoms. The van der Waals surface area contributed by atoms with Crippen molar-refractivity contribution < 1.29 is 8.78 Å². The Balaban J connectivity index is 2.13. The van der Waals surface area contributed by atoms with Crippen molar-refractivity contribution in [3.05, 3.63) is 53.7 Å². The number of hydrogen-bond acceptors (Lipinski definition) is 3. The van der Waals surface area contributed by atoms with Crippen molar-refractivity contribution >= 4 is 11.5 Å². The normalized spacial score (nSPS) is 10.4. The van der Waals surface area contributed by atoms with Crippen LogP contribution in [0.1, 0.15) is 5.56 Å². The molecule has 2 aromatic rings. The number of aromatic nitrogens is 1. The Morgan fingerprint density at radius 1 is 1.17 bits per heavy atom. The van der Waals surface area contributed by atoms with E-state index in [1.807, 2.05) is 12.1 Å². The molecule has 3 nitrogen and oxygen atoms in total. The number of benzene rings is 1. The molecule has 18 heavy (non-hydrogen) atoms. The van der Waals surface area contributed by atoms with Crippen LogP contribution in [-0.2, 0) is 6.42 Å². The highest BCUT2D eigenvalue weighted by atomic mass is 19.1. The summed E-state index contributed by atoms with van der Waals surface area (Å²) in [6.07, 6.45) is 1.76. The molecule has 0 bridgehead atoms. The largest absolute Gasteiger partial charge is 0.338 e. The van der Waals surface area contributed by atoms with Gasteiger partial charge in [-0.1, -0.05) is 12.1 Å². The Morgan fingerprint density at radius 2 is 1.89 bits per heavy atom. The van der Waals surface area contributed by atoms with Gasteiger partial charge < -0.3 is 11.1 Å². The fraction of sp³-hybridized carbons (Fsp3) is 0.154. The molecule has 0 saturated carbocycles. The molecule has 5 heteroatoms. The summed E-state index contributed by atoms with van der Waals surface area (Å²) in [6, 6.07) is 8.19. The summed E-state index contributed by atoms with van der Waals surface area (Å²) in [7, 11) is 0. The van der Waals surface area contributed by atoms with Crippen LogP contribution in [0.15, 0.2) is 36.5 Å². The number of pyridine rings is 1. The fourth-order valence-electron chi connectivity index (χ4n) is 1.56. The molecule has 0 aliphatic heterocycles. The third kappa shape index (κ3) is 3.01. The van der Waals surface area contributed by atoms with Crippen LogP contribution in [0.25, 0.3) is 0 Å². The molecule has 0 aliphatic rings. The van der Waals surface area contributed by atoms with Crippen LogP contribution < -0.4 is 11.1 Å². The first-order chi connectivity index (χ1) is 8.69. The Labute approximate surface area is 104 Å². The molecule has 3 N–H and O–H groups in total. The van der Waals surface area contributed by atoms with Crippen LogP contribution in [0.5, 0.6) is 0 Å². The Morgan fingerprint density at radius 3 is 2.50 bits per heavy atom. The number of rotatable bonds is 4. The van der Waals surface area contributed by atoms with E-state index in [0.717, 1.165) is 24.2 Å². The smallest absolute Gasteiger partial charge is 0.168 e. The molecule has 0 radical (unpaired) electrons. The highest BCUT2D eigenvalue weighted by Crippen LogP contribution is 2.18. The highest BCUT2D eigenvalue weighted by Gasteiger charge is 2.05. The molecule has 1 heterocycles. The molecule has 94 valence electrons. The molecule has 0 saturated heterocycles. The van der Waals surface area contributed by atoms with Crippen LogP contribution in [0.3, 0.4) is 0 Å². The van der Waals surface area contributed by atoms with Gasteiger partial charge in [-0.2, -0.15) is 0 Å². The fourth-order valence-corrected chi connectivity index (χ4v) is 1.56. The molecule has 0 unspecified atom stereocenters. The monoisotopic (exact) mass is 249 g/mol. The van der Waals surface area contributed by atoms with Crippen LogP contribution >= 0.6 is 0 Å². The zero-order valence-corrected chi connectivity index (χ0v) is 9.66. The van der Waals surface area contributed by atoms with Gasteiger partial charge in [0.1, 0.15) is 5.82 Å². The van der Waals surface area contributed by atoms with E-state index in [1.54, 1.807) is 12.1 Å². The highest BCUT2D eigenvalue weighted by molar-refractivity contribution is 5.56. The zero-order chi connectivity index (χ0) is 13.0. The van der Waals surface area contributed by atoms with Gasteiger partial charge in [0.25, 0.3) is 0 Å². The first-order valence-electron chi connectivity index (χ1n) is 5.56. The van der Waals surface area contributed by atoms with Gasteiger partial charge in [-0.3, -0.25) is 0 Å². The number of nitrogens with one attached hydrogen (secondary N) is 1. The van der Waals surface area contributed by atoms with Crippen molar-refractivity contribution in [2.75, 3.05) is 11.9 Å². The molecular formula is C13H13F2N3. The van der Waals surface area contributed by atoms with E-state index in [2.05, 4.69) is 10.3 Å². The number of anilines is 2. The van der Waals surface area contributed by atoms with E-state index >= 15 is 0 Å². The summed E-state index contributed by atoms with van der Waals surface area (Å²) >= 11 is 0. The van der Waals surface area contributed by atoms with Gasteiger partial charge in [0.15, 0.2) is 11.6 Å². The van der Waals surface area contributed by atoms with Crippen molar-refractivity contribution in [1.29, 1.82) is 0 Å².